The monoisotopic (exact) mass is 244 g/mol. The van der Waals surface area contributed by atoms with Gasteiger partial charge in [-0.05, 0) is 20.3 Å². The summed E-state index contributed by atoms with van der Waals surface area (Å²) in [6.45, 7) is 6.99. The molecule has 0 aliphatic carbocycles. The van der Waals surface area contributed by atoms with Crippen LogP contribution in [0.5, 0.6) is 0 Å². The second-order valence-corrected chi connectivity index (χ2v) is 5.05. The Hall–Kier alpha value is -0.590. The van der Waals surface area contributed by atoms with Gasteiger partial charge in [0.15, 0.2) is 5.16 Å². The molecule has 0 saturated heterocycles. The number of aliphatic hydroxyl groups is 1. The minimum atomic E-state index is -0.655. The highest BCUT2D eigenvalue weighted by Gasteiger charge is 2.19. The third-order valence-corrected chi connectivity index (χ3v) is 3.85. The summed E-state index contributed by atoms with van der Waals surface area (Å²) >= 11 is 1.52. The van der Waals surface area contributed by atoms with Gasteiger partial charge in [-0.25, -0.2) is 0 Å². The van der Waals surface area contributed by atoms with Gasteiger partial charge in [-0.15, -0.1) is 10.2 Å². The van der Waals surface area contributed by atoms with Crippen LogP contribution in [0.4, 0.5) is 0 Å². The molecule has 1 heterocycles. The lowest BCUT2D eigenvalue weighted by atomic mass is 10.1. The maximum atomic E-state index is 9.91. The molecule has 6 heteroatoms. The minimum absolute atomic E-state index is 0.566. The van der Waals surface area contributed by atoms with Gasteiger partial charge in [0.05, 0.1) is 5.60 Å². The molecule has 1 rings (SSSR count). The molecule has 5 nitrogen and oxygen atoms in total. The van der Waals surface area contributed by atoms with Crippen LogP contribution in [-0.2, 0) is 6.54 Å². The van der Waals surface area contributed by atoms with Gasteiger partial charge in [0, 0.05) is 18.8 Å². The quantitative estimate of drug-likeness (QED) is 0.724. The number of aromatic nitrogens is 3. The van der Waals surface area contributed by atoms with Gasteiger partial charge in [0.1, 0.15) is 5.82 Å². The molecule has 16 heavy (non-hydrogen) atoms. The maximum absolute atomic E-state index is 9.91. The topological polar surface area (TPSA) is 77.0 Å². The Balaban J connectivity index is 2.67. The Morgan fingerprint density at radius 1 is 1.50 bits per heavy atom. The summed E-state index contributed by atoms with van der Waals surface area (Å²) in [5, 5.41) is 18.8. The van der Waals surface area contributed by atoms with Crippen LogP contribution >= 0.6 is 11.8 Å². The van der Waals surface area contributed by atoms with Crippen molar-refractivity contribution in [3.63, 3.8) is 0 Å². The van der Waals surface area contributed by atoms with Crippen LogP contribution in [0, 0.1) is 6.92 Å². The first-order chi connectivity index (χ1) is 7.50. The predicted molar refractivity (Wildman–Crippen MR) is 65.5 cm³/mol. The van der Waals surface area contributed by atoms with Crippen LogP contribution in [0.25, 0.3) is 0 Å². The average Bonchev–Trinajstić information content (AvgIpc) is 2.59. The van der Waals surface area contributed by atoms with Gasteiger partial charge in [-0.3, -0.25) is 0 Å². The van der Waals surface area contributed by atoms with Crippen molar-refractivity contribution < 1.29 is 5.11 Å². The zero-order valence-electron chi connectivity index (χ0n) is 10.1. The lowest BCUT2D eigenvalue weighted by Crippen LogP contribution is -2.26. The summed E-state index contributed by atoms with van der Waals surface area (Å²) in [6, 6.07) is 0. The summed E-state index contributed by atoms with van der Waals surface area (Å²) < 4.78 is 1.98. The normalized spacial score (nSPS) is 15.1. The number of thioether (sulfide) groups is 1. The molecule has 3 N–H and O–H groups in total. The van der Waals surface area contributed by atoms with Gasteiger partial charge in [-0.1, -0.05) is 18.7 Å². The number of hydrogen-bond donors (Lipinski definition) is 2. The smallest absolute Gasteiger partial charge is 0.191 e. The Morgan fingerprint density at radius 2 is 2.19 bits per heavy atom. The van der Waals surface area contributed by atoms with Crippen LogP contribution in [0.1, 0.15) is 26.1 Å². The second kappa shape index (κ2) is 5.65. The molecular formula is C10H20N4OS. The first-order valence-corrected chi connectivity index (χ1v) is 6.44. The molecule has 0 aliphatic rings. The molecule has 0 amide bonds. The minimum Gasteiger partial charge on any atom is -0.389 e. The van der Waals surface area contributed by atoms with Gasteiger partial charge >= 0.3 is 0 Å². The SMILES string of the molecule is CCC(C)(O)CSc1nnc(C)n1CCN. The van der Waals surface area contributed by atoms with Crippen LogP contribution in [0.2, 0.25) is 0 Å². The van der Waals surface area contributed by atoms with Gasteiger partial charge in [-0.2, -0.15) is 0 Å². The second-order valence-electron chi connectivity index (χ2n) is 4.11. The molecular weight excluding hydrogens is 224 g/mol. The van der Waals surface area contributed by atoms with Crippen molar-refractivity contribution in [1.82, 2.24) is 14.8 Å². The van der Waals surface area contributed by atoms with Crippen molar-refractivity contribution >= 4 is 11.8 Å². The fourth-order valence-corrected chi connectivity index (χ4v) is 2.30. The van der Waals surface area contributed by atoms with E-state index in [-0.39, 0.29) is 0 Å². The molecule has 0 radical (unpaired) electrons. The lowest BCUT2D eigenvalue weighted by Gasteiger charge is -2.20. The Labute approximate surface area is 100 Å². The fraction of sp³-hybridized carbons (Fsp3) is 0.800. The molecule has 0 fully saturated rings. The van der Waals surface area contributed by atoms with Crippen LogP contribution in [-0.4, -0.2) is 37.8 Å². The van der Waals surface area contributed by atoms with E-state index in [1.807, 2.05) is 25.3 Å². The van der Waals surface area contributed by atoms with Crippen molar-refractivity contribution in [2.75, 3.05) is 12.3 Å². The predicted octanol–water partition coefficient (Wildman–Crippen LogP) is 0.798. The van der Waals surface area contributed by atoms with E-state index in [1.165, 1.54) is 11.8 Å². The van der Waals surface area contributed by atoms with Crippen molar-refractivity contribution in [1.29, 1.82) is 0 Å². The van der Waals surface area contributed by atoms with E-state index < -0.39 is 5.60 Å². The van der Waals surface area contributed by atoms with E-state index in [1.54, 1.807) is 0 Å². The van der Waals surface area contributed by atoms with E-state index in [9.17, 15) is 5.11 Å². The highest BCUT2D eigenvalue weighted by Crippen LogP contribution is 2.23. The molecule has 0 spiro atoms. The van der Waals surface area contributed by atoms with Crippen LogP contribution in [0.3, 0.4) is 0 Å². The molecule has 1 unspecified atom stereocenters. The summed E-state index contributed by atoms with van der Waals surface area (Å²) in [4.78, 5) is 0. The first-order valence-electron chi connectivity index (χ1n) is 5.45. The molecule has 1 aromatic rings. The molecule has 0 aromatic carbocycles. The lowest BCUT2D eigenvalue weighted by molar-refractivity contribution is 0.0815. The largest absolute Gasteiger partial charge is 0.389 e. The van der Waals surface area contributed by atoms with Crippen LogP contribution in [0.15, 0.2) is 5.16 Å². The Bertz CT molecular complexity index is 338. The first kappa shape index (κ1) is 13.5. The Kier molecular flexibility index (Phi) is 4.76. The number of nitrogens with zero attached hydrogens (tertiary/aromatic N) is 3. The highest BCUT2D eigenvalue weighted by atomic mass is 32.2. The molecule has 0 aliphatic heterocycles. The summed E-state index contributed by atoms with van der Waals surface area (Å²) in [5.74, 6) is 1.48. The van der Waals surface area contributed by atoms with Crippen molar-refractivity contribution in [3.05, 3.63) is 5.82 Å². The summed E-state index contributed by atoms with van der Waals surface area (Å²) in [6.07, 6.45) is 0.726. The number of nitrogens with two attached hydrogens (primary N) is 1. The molecule has 92 valence electrons. The molecule has 1 aromatic heterocycles. The van der Waals surface area contributed by atoms with Crippen molar-refractivity contribution in [3.8, 4) is 0 Å². The maximum Gasteiger partial charge on any atom is 0.191 e. The third-order valence-electron chi connectivity index (χ3n) is 2.53. The van der Waals surface area contributed by atoms with Crippen LogP contribution < -0.4 is 5.73 Å². The van der Waals surface area contributed by atoms with E-state index in [4.69, 9.17) is 5.73 Å². The number of rotatable bonds is 6. The van der Waals surface area contributed by atoms with E-state index in [2.05, 4.69) is 10.2 Å². The standard InChI is InChI=1S/C10H20N4OS/c1-4-10(3,15)7-16-9-13-12-8(2)14(9)6-5-11/h15H,4-7,11H2,1-3H3. The van der Waals surface area contributed by atoms with Gasteiger partial charge in [0.25, 0.3) is 0 Å². The summed E-state index contributed by atoms with van der Waals surface area (Å²) in [7, 11) is 0. The Morgan fingerprint density at radius 3 is 2.75 bits per heavy atom. The zero-order chi connectivity index (χ0) is 12.2. The van der Waals surface area contributed by atoms with E-state index >= 15 is 0 Å². The van der Waals surface area contributed by atoms with Gasteiger partial charge in [0.2, 0.25) is 0 Å². The van der Waals surface area contributed by atoms with Crippen molar-refractivity contribution in [2.24, 2.45) is 5.73 Å². The summed E-state index contributed by atoms with van der Waals surface area (Å²) in [5.41, 5.74) is 4.88. The fourth-order valence-electron chi connectivity index (χ4n) is 1.18. The van der Waals surface area contributed by atoms with E-state index in [0.717, 1.165) is 23.9 Å². The zero-order valence-corrected chi connectivity index (χ0v) is 10.9. The number of aryl methyl sites for hydroxylation is 1. The third kappa shape index (κ3) is 3.47. The van der Waals surface area contributed by atoms with E-state index in [0.29, 0.717) is 12.3 Å². The molecule has 0 bridgehead atoms. The highest BCUT2D eigenvalue weighted by molar-refractivity contribution is 7.99. The molecule has 1 atom stereocenters. The van der Waals surface area contributed by atoms with Gasteiger partial charge < -0.3 is 15.4 Å². The molecule has 0 saturated carbocycles. The van der Waals surface area contributed by atoms with Crippen molar-refractivity contribution in [2.45, 2.75) is 44.5 Å². The number of hydrogen-bond acceptors (Lipinski definition) is 5. The average molecular weight is 244 g/mol.